The molecular weight excluding hydrogens is 375 g/mol. The maximum Gasteiger partial charge on any atom is 0.322 e. The number of hydrogen-bond acceptors (Lipinski definition) is 5. The first kappa shape index (κ1) is 19.1. The normalized spacial score (nSPS) is 16.4. The van der Waals surface area contributed by atoms with Gasteiger partial charge >= 0.3 is 5.97 Å². The smallest absolute Gasteiger partial charge is 0.322 e. The van der Waals surface area contributed by atoms with E-state index >= 15 is 0 Å². The third kappa shape index (κ3) is 4.27. The molecule has 4 rings (SSSR count). The molecule has 3 aromatic rings. The van der Waals surface area contributed by atoms with Gasteiger partial charge in [-0.3, -0.25) is 9.69 Å². The summed E-state index contributed by atoms with van der Waals surface area (Å²) in [7, 11) is 0. The average molecular weight is 396 g/mol. The van der Waals surface area contributed by atoms with Crippen LogP contribution in [0.5, 0.6) is 5.75 Å². The summed E-state index contributed by atoms with van der Waals surface area (Å²) in [6.45, 7) is 3.43. The lowest BCUT2D eigenvalue weighted by Crippen LogP contribution is -2.47. The zero-order valence-corrected chi connectivity index (χ0v) is 16.0. The topological polar surface area (TPSA) is 80.5 Å². The van der Waals surface area contributed by atoms with E-state index in [1.54, 1.807) is 12.1 Å². The van der Waals surface area contributed by atoms with Crippen molar-refractivity contribution in [1.82, 2.24) is 19.7 Å². The van der Waals surface area contributed by atoms with Crippen LogP contribution in [0.4, 0.5) is 4.39 Å². The Hall–Kier alpha value is -3.26. The second-order valence-corrected chi connectivity index (χ2v) is 7.09. The van der Waals surface area contributed by atoms with Crippen molar-refractivity contribution in [3.05, 3.63) is 77.1 Å². The predicted molar refractivity (Wildman–Crippen MR) is 103 cm³/mol. The second-order valence-electron chi connectivity index (χ2n) is 7.09. The van der Waals surface area contributed by atoms with Crippen molar-refractivity contribution >= 4 is 5.97 Å². The molecule has 150 valence electrons. The van der Waals surface area contributed by atoms with Gasteiger partial charge in [-0.15, -0.1) is 10.2 Å². The maximum absolute atomic E-state index is 13.0. The highest BCUT2D eigenvalue weighted by atomic mass is 19.1. The molecule has 0 amide bonds. The van der Waals surface area contributed by atoms with E-state index in [1.807, 2.05) is 40.7 Å². The van der Waals surface area contributed by atoms with E-state index in [1.165, 1.54) is 12.1 Å². The van der Waals surface area contributed by atoms with E-state index in [9.17, 15) is 14.3 Å². The molecule has 2 aromatic carbocycles. The van der Waals surface area contributed by atoms with E-state index in [4.69, 9.17) is 4.74 Å². The number of carbonyl (C=O) groups is 1. The molecule has 1 aromatic heterocycles. The van der Waals surface area contributed by atoms with Crippen LogP contribution in [0.2, 0.25) is 0 Å². The Morgan fingerprint density at radius 1 is 1.14 bits per heavy atom. The first-order chi connectivity index (χ1) is 14.0. The number of carboxylic acids is 1. The Kier molecular flexibility index (Phi) is 5.26. The molecule has 1 N–H and O–H groups in total. The fourth-order valence-corrected chi connectivity index (χ4v) is 3.43. The summed E-state index contributed by atoms with van der Waals surface area (Å²) in [6.07, 6.45) is 0. The molecule has 0 bridgehead atoms. The van der Waals surface area contributed by atoms with Crippen LogP contribution in [0.25, 0.3) is 0 Å². The minimum atomic E-state index is -0.858. The van der Waals surface area contributed by atoms with E-state index in [-0.39, 0.29) is 5.82 Å². The molecule has 1 aliphatic rings. The molecule has 1 unspecified atom stereocenters. The van der Waals surface area contributed by atoms with Crippen LogP contribution >= 0.6 is 0 Å². The van der Waals surface area contributed by atoms with Crippen molar-refractivity contribution in [3.8, 4) is 5.75 Å². The van der Waals surface area contributed by atoms with Crippen molar-refractivity contribution in [2.24, 2.45) is 0 Å². The monoisotopic (exact) mass is 396 g/mol. The van der Waals surface area contributed by atoms with Crippen LogP contribution in [0, 0.1) is 12.7 Å². The number of aliphatic carboxylic acids is 1. The summed E-state index contributed by atoms with van der Waals surface area (Å²) in [5.41, 5.74) is 1.86. The van der Waals surface area contributed by atoms with Crippen LogP contribution < -0.4 is 4.74 Å². The number of rotatable bonds is 6. The molecule has 1 aliphatic heterocycles. The average Bonchev–Trinajstić information content (AvgIpc) is 3.08. The van der Waals surface area contributed by atoms with Crippen molar-refractivity contribution in [2.75, 3.05) is 0 Å². The van der Waals surface area contributed by atoms with Gasteiger partial charge in [-0.2, -0.15) is 0 Å². The number of aromatic nitrogens is 3. The van der Waals surface area contributed by atoms with Crippen molar-refractivity contribution in [3.63, 3.8) is 0 Å². The first-order valence-electron chi connectivity index (χ1n) is 9.31. The molecule has 0 fully saturated rings. The highest BCUT2D eigenvalue weighted by Gasteiger charge is 2.33. The molecule has 0 radical (unpaired) electrons. The Labute approximate surface area is 167 Å². The van der Waals surface area contributed by atoms with Crippen LogP contribution in [-0.4, -0.2) is 36.8 Å². The van der Waals surface area contributed by atoms with Gasteiger partial charge < -0.3 is 14.4 Å². The largest absolute Gasteiger partial charge is 0.489 e. The van der Waals surface area contributed by atoms with Gasteiger partial charge in [0.2, 0.25) is 0 Å². The third-order valence-corrected chi connectivity index (χ3v) is 5.07. The number of halogens is 1. The Bertz CT molecular complexity index is 1000. The lowest BCUT2D eigenvalue weighted by molar-refractivity contribution is -0.145. The molecule has 0 spiro atoms. The zero-order valence-electron chi connectivity index (χ0n) is 16.0. The molecule has 0 aliphatic carbocycles. The van der Waals surface area contributed by atoms with E-state index in [0.29, 0.717) is 32.0 Å². The van der Waals surface area contributed by atoms with Crippen LogP contribution in [0.1, 0.15) is 22.8 Å². The minimum absolute atomic E-state index is 0.274. The molecule has 0 saturated heterocycles. The van der Waals surface area contributed by atoms with E-state index < -0.39 is 12.0 Å². The highest BCUT2D eigenvalue weighted by molar-refractivity contribution is 5.73. The van der Waals surface area contributed by atoms with Crippen molar-refractivity contribution < 1.29 is 19.0 Å². The highest BCUT2D eigenvalue weighted by Crippen LogP contribution is 2.22. The minimum Gasteiger partial charge on any atom is -0.489 e. The maximum atomic E-state index is 13.0. The fraction of sp³-hybridized carbons (Fsp3) is 0.286. The number of aryl methyl sites for hydroxylation is 1. The summed E-state index contributed by atoms with van der Waals surface area (Å²) in [6, 6.07) is 13.1. The third-order valence-electron chi connectivity index (χ3n) is 5.07. The van der Waals surface area contributed by atoms with Crippen LogP contribution in [0.3, 0.4) is 0 Å². The first-order valence-corrected chi connectivity index (χ1v) is 9.31. The molecule has 29 heavy (non-hydrogen) atoms. The van der Waals surface area contributed by atoms with Gasteiger partial charge in [0, 0.05) is 6.54 Å². The van der Waals surface area contributed by atoms with Gasteiger partial charge in [0.05, 0.1) is 13.1 Å². The summed E-state index contributed by atoms with van der Waals surface area (Å²) in [4.78, 5) is 13.6. The summed E-state index contributed by atoms with van der Waals surface area (Å²) >= 11 is 0. The predicted octanol–water partition coefficient (Wildman–Crippen LogP) is 2.77. The Morgan fingerprint density at radius 3 is 2.52 bits per heavy atom. The lowest BCUT2D eigenvalue weighted by Gasteiger charge is -2.33. The Balaban J connectivity index is 1.41. The number of ether oxygens (including phenoxy) is 1. The number of fused-ring (bicyclic) bond motifs is 1. The number of hydrogen-bond donors (Lipinski definition) is 1. The van der Waals surface area contributed by atoms with Gasteiger partial charge in [0.1, 0.15) is 35.9 Å². The van der Waals surface area contributed by atoms with Gasteiger partial charge in [0.15, 0.2) is 0 Å². The molecule has 7 nitrogen and oxygen atoms in total. The van der Waals surface area contributed by atoms with Crippen LogP contribution in [-0.2, 0) is 31.0 Å². The van der Waals surface area contributed by atoms with Gasteiger partial charge in [-0.05, 0) is 42.3 Å². The number of carboxylic acid groups (broad SMARTS) is 1. The van der Waals surface area contributed by atoms with E-state index in [0.717, 1.165) is 22.8 Å². The molecule has 2 heterocycles. The zero-order chi connectivity index (χ0) is 20.4. The second kappa shape index (κ2) is 8.00. The summed E-state index contributed by atoms with van der Waals surface area (Å²) < 4.78 is 20.6. The number of nitrogens with zero attached hydrogens (tertiary/aromatic N) is 4. The molecule has 0 saturated carbocycles. The fourth-order valence-electron chi connectivity index (χ4n) is 3.43. The lowest BCUT2D eigenvalue weighted by atomic mass is 10.1. The summed E-state index contributed by atoms with van der Waals surface area (Å²) in [5.74, 6) is 1.07. The number of benzene rings is 2. The van der Waals surface area contributed by atoms with Gasteiger partial charge in [-0.25, -0.2) is 4.39 Å². The quantitative estimate of drug-likeness (QED) is 0.690. The van der Waals surface area contributed by atoms with Crippen molar-refractivity contribution in [1.29, 1.82) is 0 Å². The van der Waals surface area contributed by atoms with Crippen molar-refractivity contribution in [2.45, 2.75) is 39.2 Å². The molecule has 1 atom stereocenters. The van der Waals surface area contributed by atoms with Gasteiger partial charge in [0.25, 0.3) is 0 Å². The van der Waals surface area contributed by atoms with Gasteiger partial charge in [-0.1, -0.05) is 24.3 Å². The molecular formula is C21H21FN4O3. The SMILES string of the molecule is Cc1nnc2n1CC(C(=O)O)N(Cc1ccc(OCc3ccc(F)cc3)cc1)C2. The van der Waals surface area contributed by atoms with E-state index in [2.05, 4.69) is 10.2 Å². The molecule has 8 heteroatoms. The Morgan fingerprint density at radius 2 is 1.83 bits per heavy atom. The summed E-state index contributed by atoms with van der Waals surface area (Å²) in [5, 5.41) is 17.8. The standard InChI is InChI=1S/C21H21FN4O3/c1-14-23-24-20-12-25(19(21(27)28)11-26(14)20)10-15-4-8-18(9-5-15)29-13-16-2-6-17(22)7-3-16/h2-9,19H,10-13H2,1H3,(H,27,28). The van der Waals surface area contributed by atoms with Crippen LogP contribution in [0.15, 0.2) is 48.5 Å².